The van der Waals surface area contributed by atoms with Crippen LogP contribution in [0, 0.1) is 6.92 Å². The summed E-state index contributed by atoms with van der Waals surface area (Å²) in [5.41, 5.74) is 8.35. The first kappa shape index (κ1) is 14.5. The van der Waals surface area contributed by atoms with Crippen molar-refractivity contribution >= 4 is 22.4 Å². The average molecular weight is 291 g/mol. The summed E-state index contributed by atoms with van der Waals surface area (Å²) in [5, 5.41) is 5.14. The van der Waals surface area contributed by atoms with Crippen LogP contribution in [0.4, 0.5) is 5.13 Å². The number of nitrogens with two attached hydrogens (primary N) is 1. The van der Waals surface area contributed by atoms with Gasteiger partial charge in [0.25, 0.3) is 0 Å². The van der Waals surface area contributed by atoms with Gasteiger partial charge in [0, 0.05) is 10.9 Å². The summed E-state index contributed by atoms with van der Waals surface area (Å²) in [5.74, 6) is 0.603. The van der Waals surface area contributed by atoms with Crippen LogP contribution in [-0.4, -0.2) is 24.0 Å². The molecule has 0 radical (unpaired) electrons. The van der Waals surface area contributed by atoms with Gasteiger partial charge in [-0.2, -0.15) is 0 Å². The number of rotatable bonds is 4. The van der Waals surface area contributed by atoms with Gasteiger partial charge in [0.2, 0.25) is 5.91 Å². The molecule has 0 saturated carbocycles. The molecule has 1 aromatic heterocycles. The Morgan fingerprint density at radius 2 is 2.25 bits per heavy atom. The number of thiazole rings is 1. The Labute approximate surface area is 121 Å². The highest BCUT2D eigenvalue weighted by molar-refractivity contribution is 7.14. The second kappa shape index (κ2) is 6.02. The second-order valence-corrected chi connectivity index (χ2v) is 5.36. The van der Waals surface area contributed by atoms with Gasteiger partial charge in [-0.1, -0.05) is 0 Å². The zero-order valence-electron chi connectivity index (χ0n) is 11.6. The van der Waals surface area contributed by atoms with Crippen molar-refractivity contribution in [3.8, 4) is 17.0 Å². The number of anilines is 1. The monoisotopic (exact) mass is 291 g/mol. The minimum Gasteiger partial charge on any atom is -0.496 e. The maximum absolute atomic E-state index is 11.5. The molecule has 2 aromatic rings. The summed E-state index contributed by atoms with van der Waals surface area (Å²) >= 11 is 1.38. The van der Waals surface area contributed by atoms with Crippen LogP contribution in [0.1, 0.15) is 12.5 Å². The van der Waals surface area contributed by atoms with Gasteiger partial charge in [-0.15, -0.1) is 11.3 Å². The summed E-state index contributed by atoms with van der Waals surface area (Å²) in [6.07, 6.45) is 0. The molecule has 0 unspecified atom stereocenters. The molecular weight excluding hydrogens is 274 g/mol. The lowest BCUT2D eigenvalue weighted by molar-refractivity contribution is -0.117. The largest absolute Gasteiger partial charge is 0.496 e. The number of methoxy groups -OCH3 is 1. The first-order chi connectivity index (χ1) is 9.51. The number of nitrogens with zero attached hydrogens (tertiary/aromatic N) is 1. The zero-order valence-corrected chi connectivity index (χ0v) is 12.5. The van der Waals surface area contributed by atoms with E-state index in [9.17, 15) is 4.79 Å². The highest BCUT2D eigenvalue weighted by atomic mass is 32.1. The van der Waals surface area contributed by atoms with Gasteiger partial charge < -0.3 is 15.8 Å². The Morgan fingerprint density at radius 3 is 2.85 bits per heavy atom. The van der Waals surface area contributed by atoms with Crippen LogP contribution >= 0.6 is 11.3 Å². The van der Waals surface area contributed by atoms with E-state index in [-0.39, 0.29) is 5.91 Å². The predicted molar refractivity (Wildman–Crippen MR) is 81.1 cm³/mol. The van der Waals surface area contributed by atoms with Crippen molar-refractivity contribution in [3.05, 3.63) is 29.1 Å². The van der Waals surface area contributed by atoms with Gasteiger partial charge >= 0.3 is 0 Å². The minimum absolute atomic E-state index is 0.239. The van der Waals surface area contributed by atoms with E-state index in [1.807, 2.05) is 30.5 Å². The number of aromatic nitrogens is 1. The lowest BCUT2D eigenvalue weighted by atomic mass is 10.1. The molecule has 0 aliphatic rings. The van der Waals surface area contributed by atoms with Crippen LogP contribution in [0.25, 0.3) is 11.3 Å². The zero-order chi connectivity index (χ0) is 14.7. The fraction of sp³-hybridized carbons (Fsp3) is 0.286. The number of carbonyl (C=O) groups excluding carboxylic acids is 1. The first-order valence-electron chi connectivity index (χ1n) is 6.18. The first-order valence-corrected chi connectivity index (χ1v) is 7.06. The topological polar surface area (TPSA) is 77.2 Å². The number of hydrogen-bond donors (Lipinski definition) is 2. The van der Waals surface area contributed by atoms with E-state index in [0.29, 0.717) is 5.13 Å². The van der Waals surface area contributed by atoms with E-state index < -0.39 is 6.04 Å². The number of nitrogens with one attached hydrogen (secondary N) is 1. The van der Waals surface area contributed by atoms with Crippen LogP contribution in [0.3, 0.4) is 0 Å². The number of aryl methyl sites for hydroxylation is 1. The fourth-order valence-corrected chi connectivity index (χ4v) is 2.44. The maximum Gasteiger partial charge on any atom is 0.242 e. The third-order valence-electron chi connectivity index (χ3n) is 2.84. The molecule has 1 aromatic carbocycles. The summed E-state index contributed by atoms with van der Waals surface area (Å²) in [4.78, 5) is 15.9. The molecule has 0 aliphatic carbocycles. The van der Waals surface area contributed by atoms with E-state index in [2.05, 4.69) is 10.3 Å². The van der Waals surface area contributed by atoms with Crippen LogP contribution in [0.2, 0.25) is 0 Å². The smallest absolute Gasteiger partial charge is 0.242 e. The summed E-state index contributed by atoms with van der Waals surface area (Å²) in [6, 6.07) is 5.30. The molecular formula is C14H17N3O2S. The Morgan fingerprint density at radius 1 is 1.50 bits per heavy atom. The average Bonchev–Trinajstić information content (AvgIpc) is 2.87. The van der Waals surface area contributed by atoms with Crippen molar-refractivity contribution in [2.24, 2.45) is 5.73 Å². The normalized spacial score (nSPS) is 12.0. The van der Waals surface area contributed by atoms with Crippen molar-refractivity contribution in [1.29, 1.82) is 0 Å². The summed E-state index contributed by atoms with van der Waals surface area (Å²) in [6.45, 7) is 3.62. The highest BCUT2D eigenvalue weighted by Gasteiger charge is 2.11. The van der Waals surface area contributed by atoms with Gasteiger partial charge in [0.1, 0.15) is 5.75 Å². The second-order valence-electron chi connectivity index (χ2n) is 4.50. The Kier molecular flexibility index (Phi) is 4.36. The van der Waals surface area contributed by atoms with Crippen molar-refractivity contribution in [1.82, 2.24) is 4.98 Å². The Hall–Kier alpha value is -1.92. The molecule has 1 heterocycles. The van der Waals surface area contributed by atoms with Crippen LogP contribution in [-0.2, 0) is 4.79 Å². The van der Waals surface area contributed by atoms with Crippen LogP contribution in [0.5, 0.6) is 5.75 Å². The Balaban J connectivity index is 2.20. The number of ether oxygens (including phenoxy) is 1. The lowest BCUT2D eigenvalue weighted by Gasteiger charge is -2.06. The van der Waals surface area contributed by atoms with E-state index >= 15 is 0 Å². The molecule has 0 saturated heterocycles. The van der Waals surface area contributed by atoms with Crippen molar-refractivity contribution in [2.75, 3.05) is 12.4 Å². The Bertz CT molecular complexity index is 623. The van der Waals surface area contributed by atoms with Crippen molar-refractivity contribution in [2.45, 2.75) is 19.9 Å². The maximum atomic E-state index is 11.5. The third-order valence-corrected chi connectivity index (χ3v) is 3.60. The van der Waals surface area contributed by atoms with E-state index in [1.54, 1.807) is 14.0 Å². The molecule has 5 nitrogen and oxygen atoms in total. The quantitative estimate of drug-likeness (QED) is 0.907. The van der Waals surface area contributed by atoms with Crippen LogP contribution in [0.15, 0.2) is 23.6 Å². The molecule has 0 spiro atoms. The minimum atomic E-state index is -0.550. The summed E-state index contributed by atoms with van der Waals surface area (Å²) in [7, 11) is 1.65. The molecule has 0 aliphatic heterocycles. The fourth-order valence-electron chi connectivity index (χ4n) is 1.72. The van der Waals surface area contributed by atoms with Crippen molar-refractivity contribution in [3.63, 3.8) is 0 Å². The molecule has 2 rings (SSSR count). The highest BCUT2D eigenvalue weighted by Crippen LogP contribution is 2.28. The number of benzene rings is 1. The molecule has 3 N–H and O–H groups in total. The van der Waals surface area contributed by atoms with E-state index in [1.165, 1.54) is 11.3 Å². The molecule has 6 heteroatoms. The number of hydrogen-bond acceptors (Lipinski definition) is 5. The lowest BCUT2D eigenvalue weighted by Crippen LogP contribution is -2.32. The molecule has 0 fully saturated rings. The van der Waals surface area contributed by atoms with Gasteiger partial charge in [0.15, 0.2) is 5.13 Å². The molecule has 106 valence electrons. The van der Waals surface area contributed by atoms with E-state index in [0.717, 1.165) is 22.6 Å². The SMILES string of the molecule is COc1ccc(-c2csc(NC(=O)[C@H](C)N)n2)cc1C. The molecule has 0 bridgehead atoms. The number of carbonyl (C=O) groups is 1. The van der Waals surface area contributed by atoms with Gasteiger partial charge in [-0.3, -0.25) is 4.79 Å². The predicted octanol–water partition coefficient (Wildman–Crippen LogP) is 2.41. The number of amides is 1. The third kappa shape index (κ3) is 3.15. The van der Waals surface area contributed by atoms with E-state index in [4.69, 9.17) is 10.5 Å². The molecule has 1 amide bonds. The van der Waals surface area contributed by atoms with Gasteiger partial charge in [-0.25, -0.2) is 4.98 Å². The van der Waals surface area contributed by atoms with Gasteiger partial charge in [0.05, 0.1) is 18.8 Å². The van der Waals surface area contributed by atoms with Crippen LogP contribution < -0.4 is 15.8 Å². The van der Waals surface area contributed by atoms with Gasteiger partial charge in [-0.05, 0) is 37.6 Å². The summed E-state index contributed by atoms with van der Waals surface area (Å²) < 4.78 is 5.23. The van der Waals surface area contributed by atoms with Crippen molar-refractivity contribution < 1.29 is 9.53 Å². The molecule has 20 heavy (non-hydrogen) atoms. The standard InChI is InChI=1S/C14H17N3O2S/c1-8-6-10(4-5-12(8)19-3)11-7-20-14(16-11)17-13(18)9(2)15/h4-7,9H,15H2,1-3H3,(H,16,17,18)/t9-/m0/s1. The molecule has 1 atom stereocenters.